The van der Waals surface area contributed by atoms with Crippen molar-refractivity contribution in [2.24, 2.45) is 0 Å². The quantitative estimate of drug-likeness (QED) is 0.931. The highest BCUT2D eigenvalue weighted by Gasteiger charge is 2.31. The molecule has 2 aromatic carbocycles. The van der Waals surface area contributed by atoms with Crippen LogP contribution in [0, 0.1) is 5.82 Å². The van der Waals surface area contributed by atoms with E-state index in [9.17, 15) is 4.39 Å². The van der Waals surface area contributed by atoms with Crippen LogP contribution < -0.4 is 5.32 Å². The van der Waals surface area contributed by atoms with Gasteiger partial charge in [0.25, 0.3) is 0 Å². The topological polar surface area (TPSA) is 15.3 Å². The van der Waals surface area contributed by atoms with Crippen LogP contribution in [0.2, 0.25) is 0 Å². The fourth-order valence-electron chi connectivity index (χ4n) is 3.05. The minimum Gasteiger partial charge on any atom is -0.305 e. The predicted octanol–water partition coefficient (Wildman–Crippen LogP) is 3.15. The monoisotopic (exact) mass is 284 g/mol. The Balaban J connectivity index is 1.72. The maximum Gasteiger partial charge on any atom is 0.123 e. The first-order valence-corrected chi connectivity index (χ1v) is 7.43. The van der Waals surface area contributed by atoms with Gasteiger partial charge in [-0.15, -0.1) is 0 Å². The van der Waals surface area contributed by atoms with Crippen LogP contribution in [0.25, 0.3) is 0 Å². The molecule has 0 radical (unpaired) electrons. The number of halogens is 1. The van der Waals surface area contributed by atoms with Gasteiger partial charge in [-0.25, -0.2) is 4.39 Å². The summed E-state index contributed by atoms with van der Waals surface area (Å²) in [5, 5.41) is 3.63. The molecular weight excluding hydrogens is 263 g/mol. The van der Waals surface area contributed by atoms with Crippen molar-refractivity contribution in [1.82, 2.24) is 10.2 Å². The molecule has 2 aromatic rings. The first kappa shape index (κ1) is 14.2. The molecule has 1 N–H and O–H groups in total. The second-order valence-corrected chi connectivity index (χ2v) is 5.96. The summed E-state index contributed by atoms with van der Waals surface area (Å²) in [6, 6.07) is 17.4. The van der Waals surface area contributed by atoms with E-state index in [1.807, 2.05) is 18.2 Å². The third-order valence-corrected chi connectivity index (χ3v) is 4.21. The van der Waals surface area contributed by atoms with E-state index in [1.54, 1.807) is 0 Å². The van der Waals surface area contributed by atoms with Crippen LogP contribution in [-0.2, 0) is 12.1 Å². The molecule has 1 aliphatic heterocycles. The lowest BCUT2D eigenvalue weighted by Crippen LogP contribution is -2.56. The summed E-state index contributed by atoms with van der Waals surface area (Å²) in [4.78, 5) is 2.43. The van der Waals surface area contributed by atoms with E-state index in [1.165, 1.54) is 17.7 Å². The van der Waals surface area contributed by atoms with Crippen molar-refractivity contribution in [3.8, 4) is 0 Å². The Hall–Kier alpha value is -1.71. The first-order chi connectivity index (χ1) is 10.2. The number of rotatable bonds is 3. The lowest BCUT2D eigenvalue weighted by atomic mass is 9.89. The van der Waals surface area contributed by atoms with Gasteiger partial charge in [-0.1, -0.05) is 42.5 Å². The fourth-order valence-corrected chi connectivity index (χ4v) is 3.05. The zero-order valence-corrected chi connectivity index (χ0v) is 12.3. The lowest BCUT2D eigenvalue weighted by Gasteiger charge is -2.42. The highest BCUT2D eigenvalue weighted by molar-refractivity contribution is 5.25. The summed E-state index contributed by atoms with van der Waals surface area (Å²) < 4.78 is 13.0. The molecule has 2 nitrogen and oxygen atoms in total. The minimum absolute atomic E-state index is 0.0282. The lowest BCUT2D eigenvalue weighted by molar-refractivity contribution is 0.136. The van der Waals surface area contributed by atoms with Crippen LogP contribution in [0.1, 0.15) is 18.1 Å². The molecule has 1 fully saturated rings. The molecule has 0 bridgehead atoms. The molecule has 0 aliphatic carbocycles. The van der Waals surface area contributed by atoms with Gasteiger partial charge in [0.15, 0.2) is 0 Å². The summed E-state index contributed by atoms with van der Waals surface area (Å²) in [5.41, 5.74) is 2.45. The molecule has 21 heavy (non-hydrogen) atoms. The van der Waals surface area contributed by atoms with E-state index in [2.05, 4.69) is 41.4 Å². The second-order valence-electron chi connectivity index (χ2n) is 5.96. The third-order valence-electron chi connectivity index (χ3n) is 4.21. The Morgan fingerprint density at radius 3 is 2.52 bits per heavy atom. The van der Waals surface area contributed by atoms with Crippen LogP contribution in [0.15, 0.2) is 54.6 Å². The summed E-state index contributed by atoms with van der Waals surface area (Å²) >= 11 is 0. The SMILES string of the molecule is CC1(c2ccccc2)CN(Cc2ccc(F)cc2)CCN1. The molecule has 1 unspecified atom stereocenters. The van der Waals surface area contributed by atoms with Gasteiger partial charge in [-0.05, 0) is 30.2 Å². The van der Waals surface area contributed by atoms with Crippen LogP contribution in [0.4, 0.5) is 4.39 Å². The molecule has 1 heterocycles. The van der Waals surface area contributed by atoms with Crippen LogP contribution in [0.3, 0.4) is 0 Å². The van der Waals surface area contributed by atoms with Gasteiger partial charge < -0.3 is 5.32 Å². The molecule has 0 amide bonds. The minimum atomic E-state index is -0.173. The molecule has 0 aromatic heterocycles. The summed E-state index contributed by atoms with van der Waals surface area (Å²) in [5.74, 6) is -0.173. The van der Waals surface area contributed by atoms with Crippen LogP contribution >= 0.6 is 0 Å². The van der Waals surface area contributed by atoms with Crippen molar-refractivity contribution < 1.29 is 4.39 Å². The number of nitrogens with one attached hydrogen (secondary N) is 1. The Morgan fingerprint density at radius 1 is 1.10 bits per heavy atom. The van der Waals surface area contributed by atoms with Crippen molar-refractivity contribution in [2.75, 3.05) is 19.6 Å². The summed E-state index contributed by atoms with van der Waals surface area (Å²) in [6.07, 6.45) is 0. The average Bonchev–Trinajstić information content (AvgIpc) is 2.51. The van der Waals surface area contributed by atoms with Gasteiger partial charge in [0.2, 0.25) is 0 Å². The number of hydrogen-bond donors (Lipinski definition) is 1. The Kier molecular flexibility index (Phi) is 4.04. The number of nitrogens with zero attached hydrogens (tertiary/aromatic N) is 1. The molecule has 0 saturated carbocycles. The Morgan fingerprint density at radius 2 is 1.81 bits per heavy atom. The molecule has 3 heteroatoms. The summed E-state index contributed by atoms with van der Waals surface area (Å²) in [7, 11) is 0. The maximum absolute atomic E-state index is 13.0. The predicted molar refractivity (Wildman–Crippen MR) is 83.5 cm³/mol. The molecule has 0 spiro atoms. The molecule has 3 rings (SSSR count). The highest BCUT2D eigenvalue weighted by Crippen LogP contribution is 2.25. The normalized spacial score (nSPS) is 23.1. The van der Waals surface area contributed by atoms with E-state index in [0.717, 1.165) is 31.7 Å². The van der Waals surface area contributed by atoms with E-state index in [0.29, 0.717) is 0 Å². The van der Waals surface area contributed by atoms with Gasteiger partial charge in [0, 0.05) is 26.2 Å². The molecule has 1 saturated heterocycles. The third kappa shape index (κ3) is 3.31. The van der Waals surface area contributed by atoms with Gasteiger partial charge in [-0.3, -0.25) is 4.90 Å². The van der Waals surface area contributed by atoms with E-state index in [-0.39, 0.29) is 11.4 Å². The Labute approximate surface area is 125 Å². The van der Waals surface area contributed by atoms with Crippen molar-refractivity contribution in [2.45, 2.75) is 19.0 Å². The van der Waals surface area contributed by atoms with Crippen molar-refractivity contribution in [1.29, 1.82) is 0 Å². The molecule has 110 valence electrons. The van der Waals surface area contributed by atoms with E-state index in [4.69, 9.17) is 0 Å². The number of hydrogen-bond acceptors (Lipinski definition) is 2. The standard InChI is InChI=1S/C18H21FN2/c1-18(16-5-3-2-4-6-16)14-21(12-11-20-18)13-15-7-9-17(19)10-8-15/h2-10,20H,11-14H2,1H3. The van der Waals surface area contributed by atoms with E-state index < -0.39 is 0 Å². The highest BCUT2D eigenvalue weighted by atomic mass is 19.1. The second kappa shape index (κ2) is 5.96. The summed E-state index contributed by atoms with van der Waals surface area (Å²) in [6.45, 7) is 6.05. The zero-order valence-electron chi connectivity index (χ0n) is 12.3. The average molecular weight is 284 g/mol. The smallest absolute Gasteiger partial charge is 0.123 e. The van der Waals surface area contributed by atoms with Gasteiger partial charge in [0.1, 0.15) is 5.82 Å². The Bertz CT molecular complexity index is 582. The zero-order chi connectivity index (χ0) is 14.7. The van der Waals surface area contributed by atoms with Gasteiger partial charge in [0.05, 0.1) is 5.54 Å². The maximum atomic E-state index is 13.0. The van der Waals surface area contributed by atoms with Crippen LogP contribution in [-0.4, -0.2) is 24.5 Å². The molecule has 1 aliphatic rings. The van der Waals surface area contributed by atoms with Crippen molar-refractivity contribution in [3.63, 3.8) is 0 Å². The van der Waals surface area contributed by atoms with Crippen LogP contribution in [0.5, 0.6) is 0 Å². The van der Waals surface area contributed by atoms with Gasteiger partial charge in [-0.2, -0.15) is 0 Å². The largest absolute Gasteiger partial charge is 0.305 e. The number of piperazine rings is 1. The fraction of sp³-hybridized carbons (Fsp3) is 0.333. The molecule has 1 atom stereocenters. The van der Waals surface area contributed by atoms with E-state index >= 15 is 0 Å². The van der Waals surface area contributed by atoms with Crippen molar-refractivity contribution in [3.05, 3.63) is 71.5 Å². The van der Waals surface area contributed by atoms with Gasteiger partial charge >= 0.3 is 0 Å². The number of benzene rings is 2. The van der Waals surface area contributed by atoms with Crippen molar-refractivity contribution >= 4 is 0 Å². The first-order valence-electron chi connectivity index (χ1n) is 7.43. The molecular formula is C18H21FN2.